The van der Waals surface area contributed by atoms with E-state index in [9.17, 15) is 4.79 Å². The fourth-order valence-corrected chi connectivity index (χ4v) is 3.82. The molecule has 1 saturated heterocycles. The first-order chi connectivity index (χ1) is 15.5. The topological polar surface area (TPSA) is 67.3 Å². The quantitative estimate of drug-likeness (QED) is 0.585. The van der Waals surface area contributed by atoms with E-state index in [0.29, 0.717) is 11.4 Å². The molecule has 1 aliphatic rings. The first kappa shape index (κ1) is 21.8. The molecule has 0 saturated carbocycles. The number of ether oxygens (including phenoxy) is 1. The molecule has 1 atom stereocenters. The maximum atomic E-state index is 12.7. The Morgan fingerprint density at radius 3 is 2.50 bits per heavy atom. The minimum absolute atomic E-state index is 0.202. The third-order valence-corrected chi connectivity index (χ3v) is 5.92. The van der Waals surface area contributed by atoms with E-state index in [1.165, 1.54) is 24.8 Å². The van der Waals surface area contributed by atoms with Crippen molar-refractivity contribution in [3.63, 3.8) is 0 Å². The fourth-order valence-electron chi connectivity index (χ4n) is 3.82. The average Bonchev–Trinajstić information content (AvgIpc) is 2.82. The molecule has 1 unspecified atom stereocenters. The predicted molar refractivity (Wildman–Crippen MR) is 128 cm³/mol. The van der Waals surface area contributed by atoms with Gasteiger partial charge in [-0.2, -0.15) is 0 Å². The van der Waals surface area contributed by atoms with Gasteiger partial charge in [0.15, 0.2) is 11.9 Å². The second-order valence-corrected chi connectivity index (χ2v) is 8.40. The number of nitrogens with one attached hydrogen (secondary N) is 1. The highest BCUT2D eigenvalue weighted by molar-refractivity contribution is 5.94. The van der Waals surface area contributed by atoms with Gasteiger partial charge in [0, 0.05) is 24.3 Å². The van der Waals surface area contributed by atoms with Crippen LogP contribution in [0, 0.1) is 13.8 Å². The fraction of sp³-hybridized carbons (Fsp3) is 0.346. The Labute approximate surface area is 189 Å². The number of carbonyl (C=O) groups is 1. The van der Waals surface area contributed by atoms with Crippen LogP contribution in [-0.4, -0.2) is 35.3 Å². The second kappa shape index (κ2) is 9.81. The number of benzene rings is 2. The van der Waals surface area contributed by atoms with Crippen LogP contribution in [0.1, 0.15) is 37.3 Å². The minimum Gasteiger partial charge on any atom is -0.481 e. The van der Waals surface area contributed by atoms with Gasteiger partial charge in [0.25, 0.3) is 5.91 Å². The molecule has 0 radical (unpaired) electrons. The lowest BCUT2D eigenvalue weighted by atomic mass is 10.1. The number of hydrogen-bond donors (Lipinski definition) is 1. The maximum Gasteiger partial charge on any atom is 0.265 e. The van der Waals surface area contributed by atoms with Gasteiger partial charge in [-0.3, -0.25) is 4.79 Å². The van der Waals surface area contributed by atoms with Crippen LogP contribution in [0.15, 0.2) is 54.6 Å². The molecule has 1 N–H and O–H groups in total. The largest absolute Gasteiger partial charge is 0.481 e. The summed E-state index contributed by atoms with van der Waals surface area (Å²) in [5, 5.41) is 11.8. The van der Waals surface area contributed by atoms with Crippen LogP contribution in [0.2, 0.25) is 0 Å². The van der Waals surface area contributed by atoms with E-state index in [-0.39, 0.29) is 5.91 Å². The zero-order valence-electron chi connectivity index (χ0n) is 19.0. The van der Waals surface area contributed by atoms with Crippen molar-refractivity contribution < 1.29 is 9.53 Å². The molecule has 4 rings (SSSR count). The molecule has 2 heterocycles. The van der Waals surface area contributed by atoms with Gasteiger partial charge in [0.1, 0.15) is 5.75 Å². The Bertz CT molecular complexity index is 1080. The third-order valence-electron chi connectivity index (χ3n) is 5.92. The summed E-state index contributed by atoms with van der Waals surface area (Å²) in [7, 11) is 0. The molecule has 3 aromatic rings. The maximum absolute atomic E-state index is 12.7. The number of aromatic nitrogens is 2. The van der Waals surface area contributed by atoms with Gasteiger partial charge >= 0.3 is 0 Å². The minimum atomic E-state index is -0.621. The Kier molecular flexibility index (Phi) is 6.69. The van der Waals surface area contributed by atoms with Crippen LogP contribution < -0.4 is 15.0 Å². The second-order valence-electron chi connectivity index (χ2n) is 8.40. The van der Waals surface area contributed by atoms with E-state index in [2.05, 4.69) is 20.4 Å². The molecule has 1 aliphatic heterocycles. The highest BCUT2D eigenvalue weighted by atomic mass is 16.5. The van der Waals surface area contributed by atoms with Crippen molar-refractivity contribution in [3.8, 4) is 17.0 Å². The first-order valence-electron chi connectivity index (χ1n) is 11.2. The number of rotatable bonds is 6. The highest BCUT2D eigenvalue weighted by Crippen LogP contribution is 2.24. The van der Waals surface area contributed by atoms with Crippen molar-refractivity contribution in [2.24, 2.45) is 0 Å². The Balaban J connectivity index is 1.41. The molecular formula is C26H30N4O2. The lowest BCUT2D eigenvalue weighted by Crippen LogP contribution is -2.30. The van der Waals surface area contributed by atoms with Crippen molar-refractivity contribution in [1.29, 1.82) is 0 Å². The van der Waals surface area contributed by atoms with Crippen LogP contribution in [0.5, 0.6) is 5.75 Å². The predicted octanol–water partition coefficient (Wildman–Crippen LogP) is 5.16. The molecule has 1 fully saturated rings. The number of hydrogen-bond acceptors (Lipinski definition) is 5. The molecule has 2 aromatic carbocycles. The lowest BCUT2D eigenvalue weighted by Gasteiger charge is -2.27. The van der Waals surface area contributed by atoms with Crippen LogP contribution in [0.3, 0.4) is 0 Å². The zero-order chi connectivity index (χ0) is 22.5. The monoisotopic (exact) mass is 430 g/mol. The molecular weight excluding hydrogens is 400 g/mol. The average molecular weight is 431 g/mol. The zero-order valence-corrected chi connectivity index (χ0v) is 19.0. The number of amides is 1. The van der Waals surface area contributed by atoms with Gasteiger partial charge < -0.3 is 15.0 Å². The molecule has 0 bridgehead atoms. The number of carbonyl (C=O) groups excluding carboxylic acids is 1. The Morgan fingerprint density at radius 1 is 0.969 bits per heavy atom. The van der Waals surface area contributed by atoms with Crippen LogP contribution in [0.25, 0.3) is 11.3 Å². The van der Waals surface area contributed by atoms with Crippen molar-refractivity contribution in [3.05, 3.63) is 65.7 Å². The van der Waals surface area contributed by atoms with Crippen molar-refractivity contribution in [2.75, 3.05) is 23.3 Å². The molecule has 0 aliphatic carbocycles. The van der Waals surface area contributed by atoms with Gasteiger partial charge in [0.2, 0.25) is 0 Å². The third kappa shape index (κ3) is 5.25. The van der Waals surface area contributed by atoms with Gasteiger partial charge in [-0.15, -0.1) is 10.2 Å². The summed E-state index contributed by atoms with van der Waals surface area (Å²) < 4.78 is 5.83. The summed E-state index contributed by atoms with van der Waals surface area (Å²) in [5.74, 6) is 1.41. The van der Waals surface area contributed by atoms with E-state index in [0.717, 1.165) is 35.7 Å². The van der Waals surface area contributed by atoms with Gasteiger partial charge in [0.05, 0.1) is 5.69 Å². The molecule has 6 heteroatoms. The molecule has 1 aromatic heterocycles. The van der Waals surface area contributed by atoms with Crippen molar-refractivity contribution in [1.82, 2.24) is 10.2 Å². The summed E-state index contributed by atoms with van der Waals surface area (Å²) >= 11 is 0. The number of nitrogens with zero attached hydrogens (tertiary/aromatic N) is 3. The van der Waals surface area contributed by atoms with Gasteiger partial charge in [-0.05, 0) is 87.6 Å². The smallest absolute Gasteiger partial charge is 0.265 e. The van der Waals surface area contributed by atoms with Crippen LogP contribution in [-0.2, 0) is 4.79 Å². The van der Waals surface area contributed by atoms with E-state index >= 15 is 0 Å². The van der Waals surface area contributed by atoms with Gasteiger partial charge in [-0.25, -0.2) is 0 Å². The summed E-state index contributed by atoms with van der Waals surface area (Å²) in [4.78, 5) is 15.0. The Morgan fingerprint density at radius 2 is 1.78 bits per heavy atom. The van der Waals surface area contributed by atoms with Crippen molar-refractivity contribution >= 4 is 17.4 Å². The highest BCUT2D eigenvalue weighted by Gasteiger charge is 2.16. The number of aryl methyl sites for hydroxylation is 2. The first-order valence-corrected chi connectivity index (χ1v) is 11.2. The molecule has 166 valence electrons. The lowest BCUT2D eigenvalue weighted by molar-refractivity contribution is -0.122. The number of anilines is 2. The van der Waals surface area contributed by atoms with Gasteiger partial charge in [-0.1, -0.05) is 18.2 Å². The summed E-state index contributed by atoms with van der Waals surface area (Å²) in [5.41, 5.74) is 4.71. The summed E-state index contributed by atoms with van der Waals surface area (Å²) in [6.07, 6.45) is 3.08. The number of piperidine rings is 1. The molecule has 1 amide bonds. The normalized spacial score (nSPS) is 14.7. The molecule has 6 nitrogen and oxygen atoms in total. The van der Waals surface area contributed by atoms with Crippen molar-refractivity contribution in [2.45, 2.75) is 46.1 Å². The molecule has 32 heavy (non-hydrogen) atoms. The molecule has 0 spiro atoms. The summed E-state index contributed by atoms with van der Waals surface area (Å²) in [6, 6.07) is 17.5. The SMILES string of the molecule is Cc1ccc(OC(C)C(=O)Nc2cccc(-c3ccc(N4CCCCC4)nn3)c2)cc1C. The van der Waals surface area contributed by atoms with E-state index < -0.39 is 6.10 Å². The Hall–Kier alpha value is -3.41. The van der Waals surface area contributed by atoms with E-state index in [4.69, 9.17) is 4.74 Å². The van der Waals surface area contributed by atoms with Crippen LogP contribution >= 0.6 is 0 Å². The van der Waals surface area contributed by atoms with Crippen LogP contribution in [0.4, 0.5) is 11.5 Å². The van der Waals surface area contributed by atoms with E-state index in [1.807, 2.05) is 68.4 Å². The summed E-state index contributed by atoms with van der Waals surface area (Å²) in [6.45, 7) is 7.91. The standard InChI is InChI=1S/C26H30N4O2/c1-18-10-11-23(16-19(18)2)32-20(3)26(31)27-22-9-7-8-21(17-22)24-12-13-25(29-28-24)30-14-5-4-6-15-30/h7-13,16-17,20H,4-6,14-15H2,1-3H3,(H,27,31). The van der Waals surface area contributed by atoms with E-state index in [1.54, 1.807) is 6.92 Å².